The molecule has 2 heterocycles. The number of rotatable bonds is 7. The van der Waals surface area contributed by atoms with Crippen LogP contribution in [0.5, 0.6) is 0 Å². The first kappa shape index (κ1) is 18.6. The molecule has 0 bridgehead atoms. The first-order valence-electron chi connectivity index (χ1n) is 8.38. The van der Waals surface area contributed by atoms with E-state index in [0.29, 0.717) is 11.7 Å². The molecule has 2 amide bonds. The molecule has 1 N–H and O–H groups in total. The van der Waals surface area contributed by atoms with Crippen LogP contribution >= 0.6 is 23.1 Å². The van der Waals surface area contributed by atoms with Gasteiger partial charge in [-0.3, -0.25) is 9.59 Å². The van der Waals surface area contributed by atoms with Crippen LogP contribution in [0, 0.1) is 5.92 Å². The molecule has 26 heavy (non-hydrogen) atoms. The third-order valence-corrected chi connectivity index (χ3v) is 6.06. The minimum absolute atomic E-state index is 0.0297. The van der Waals surface area contributed by atoms with E-state index in [9.17, 15) is 9.59 Å². The second-order valence-electron chi connectivity index (χ2n) is 5.89. The predicted molar refractivity (Wildman–Crippen MR) is 106 cm³/mol. The monoisotopic (exact) mass is 388 g/mol. The van der Waals surface area contributed by atoms with E-state index in [4.69, 9.17) is 0 Å². The summed E-state index contributed by atoms with van der Waals surface area (Å²) in [6, 6.07) is 7.89. The highest BCUT2D eigenvalue weighted by Crippen LogP contribution is 2.29. The molecule has 2 aromatic rings. The molecular weight excluding hydrogens is 368 g/mol. The van der Waals surface area contributed by atoms with Crippen molar-refractivity contribution in [3.05, 3.63) is 42.5 Å². The molecule has 1 aromatic carbocycles. The lowest BCUT2D eigenvalue weighted by atomic mass is 10.1. The lowest BCUT2D eigenvalue weighted by Crippen LogP contribution is -2.28. The zero-order valence-corrected chi connectivity index (χ0v) is 16.1. The lowest BCUT2D eigenvalue weighted by Gasteiger charge is -2.17. The molecule has 6 nitrogen and oxygen atoms in total. The summed E-state index contributed by atoms with van der Waals surface area (Å²) in [5.74, 6) is 0.133. The van der Waals surface area contributed by atoms with Gasteiger partial charge < -0.3 is 10.2 Å². The molecule has 1 aromatic heterocycles. The van der Waals surface area contributed by atoms with E-state index in [-0.39, 0.29) is 24.2 Å². The van der Waals surface area contributed by atoms with Crippen molar-refractivity contribution >= 4 is 45.7 Å². The van der Waals surface area contributed by atoms with Crippen molar-refractivity contribution in [2.24, 2.45) is 5.92 Å². The van der Waals surface area contributed by atoms with Gasteiger partial charge in [-0.05, 0) is 24.1 Å². The summed E-state index contributed by atoms with van der Waals surface area (Å²) in [6.45, 7) is 6.12. The van der Waals surface area contributed by atoms with E-state index in [1.807, 2.05) is 24.3 Å². The molecule has 0 spiro atoms. The van der Waals surface area contributed by atoms with Gasteiger partial charge in [-0.15, -0.1) is 16.8 Å². The van der Waals surface area contributed by atoms with E-state index in [1.54, 1.807) is 11.0 Å². The fourth-order valence-electron chi connectivity index (χ4n) is 2.73. The Kier molecular flexibility index (Phi) is 6.05. The molecule has 3 rings (SSSR count). The summed E-state index contributed by atoms with van der Waals surface area (Å²) in [5, 5.41) is 11.2. The van der Waals surface area contributed by atoms with Gasteiger partial charge in [0.25, 0.3) is 0 Å². The maximum Gasteiger partial charge on any atom is 0.231 e. The van der Waals surface area contributed by atoms with Crippen molar-refractivity contribution < 1.29 is 9.59 Å². The largest absolute Gasteiger partial charge is 0.312 e. The summed E-state index contributed by atoms with van der Waals surface area (Å²) in [7, 11) is 0. The second kappa shape index (κ2) is 8.46. The quantitative estimate of drug-likeness (QED) is 0.447. The molecule has 0 aliphatic carbocycles. The van der Waals surface area contributed by atoms with Crippen molar-refractivity contribution in [3.8, 4) is 0 Å². The van der Waals surface area contributed by atoms with E-state index in [1.165, 1.54) is 28.7 Å². The van der Waals surface area contributed by atoms with Gasteiger partial charge in [-0.25, -0.2) is 0 Å². The standard InChI is InChI=1S/C18H20N4O2S2/c1-3-8-25-18-21-20-17(26-18)19-16(24)13-10-15(23)22(11-13)14-7-5-6-12(4-2)9-14/h3,5-7,9,13H,1,4,8,10-11H2,2H3,(H,19,20,24)/t13-/m1/s1. The van der Waals surface area contributed by atoms with Crippen LogP contribution in [-0.4, -0.2) is 34.3 Å². The molecule has 1 atom stereocenters. The summed E-state index contributed by atoms with van der Waals surface area (Å²) < 4.78 is 0.778. The van der Waals surface area contributed by atoms with Crippen LogP contribution in [0.3, 0.4) is 0 Å². The number of nitrogens with zero attached hydrogens (tertiary/aromatic N) is 3. The van der Waals surface area contributed by atoms with Gasteiger partial charge in [0.05, 0.1) is 5.92 Å². The van der Waals surface area contributed by atoms with Gasteiger partial charge >= 0.3 is 0 Å². The highest BCUT2D eigenvalue weighted by atomic mass is 32.2. The number of hydrogen-bond donors (Lipinski definition) is 1. The molecule has 136 valence electrons. The average molecular weight is 389 g/mol. The van der Waals surface area contributed by atoms with Crippen LogP contribution in [0.1, 0.15) is 18.9 Å². The number of hydrogen-bond acceptors (Lipinski definition) is 6. The van der Waals surface area contributed by atoms with Crippen LogP contribution in [0.2, 0.25) is 0 Å². The van der Waals surface area contributed by atoms with E-state index >= 15 is 0 Å². The minimum Gasteiger partial charge on any atom is -0.312 e. The molecule has 0 unspecified atom stereocenters. The van der Waals surface area contributed by atoms with Crippen LogP contribution in [-0.2, 0) is 16.0 Å². The molecule has 1 aliphatic heterocycles. The van der Waals surface area contributed by atoms with Crippen molar-refractivity contribution in [2.75, 3.05) is 22.5 Å². The maximum absolute atomic E-state index is 12.5. The molecule has 1 saturated heterocycles. The first-order valence-corrected chi connectivity index (χ1v) is 10.2. The molecule has 8 heteroatoms. The van der Waals surface area contributed by atoms with Crippen molar-refractivity contribution in [1.29, 1.82) is 0 Å². The Morgan fingerprint density at radius 3 is 3.12 bits per heavy atom. The molecular formula is C18H20N4O2S2. The van der Waals surface area contributed by atoms with Crippen molar-refractivity contribution in [3.63, 3.8) is 0 Å². The number of benzene rings is 1. The van der Waals surface area contributed by atoms with Gasteiger partial charge in [0.1, 0.15) is 0 Å². The zero-order chi connectivity index (χ0) is 18.5. The Morgan fingerprint density at radius 2 is 2.35 bits per heavy atom. The van der Waals surface area contributed by atoms with Crippen LogP contribution in [0.15, 0.2) is 41.3 Å². The number of amides is 2. The van der Waals surface area contributed by atoms with Crippen molar-refractivity contribution in [1.82, 2.24) is 10.2 Å². The Morgan fingerprint density at radius 1 is 1.50 bits per heavy atom. The molecule has 0 saturated carbocycles. The lowest BCUT2D eigenvalue weighted by molar-refractivity contribution is -0.122. The number of thioether (sulfide) groups is 1. The Balaban J connectivity index is 1.63. The first-order chi connectivity index (χ1) is 12.6. The van der Waals surface area contributed by atoms with Gasteiger partial charge in [-0.2, -0.15) is 0 Å². The Bertz CT molecular complexity index is 821. The summed E-state index contributed by atoms with van der Waals surface area (Å²) in [5.41, 5.74) is 2.02. The fraction of sp³-hybridized carbons (Fsp3) is 0.333. The van der Waals surface area contributed by atoms with Crippen LogP contribution < -0.4 is 10.2 Å². The Labute approximate surface area is 160 Å². The second-order valence-corrected chi connectivity index (χ2v) is 8.14. The minimum atomic E-state index is -0.388. The third-order valence-electron chi connectivity index (χ3n) is 4.09. The SMILES string of the molecule is C=CCSc1nnc(NC(=O)[C@@H]2CC(=O)N(c3cccc(CC)c3)C2)s1. The number of carbonyl (C=O) groups is 2. The number of aromatic nitrogens is 2. The molecule has 1 aliphatic rings. The number of carbonyl (C=O) groups excluding carboxylic acids is 2. The van der Waals surface area contributed by atoms with Gasteiger partial charge in [0.2, 0.25) is 16.9 Å². The zero-order valence-electron chi connectivity index (χ0n) is 14.5. The van der Waals surface area contributed by atoms with E-state index in [2.05, 4.69) is 29.0 Å². The third kappa shape index (κ3) is 4.31. The fourth-order valence-corrected chi connectivity index (χ4v) is 4.25. The maximum atomic E-state index is 12.5. The van der Waals surface area contributed by atoms with Gasteiger partial charge in [0.15, 0.2) is 4.34 Å². The smallest absolute Gasteiger partial charge is 0.231 e. The van der Waals surface area contributed by atoms with Gasteiger partial charge in [-0.1, -0.05) is 48.2 Å². The van der Waals surface area contributed by atoms with E-state index in [0.717, 1.165) is 22.2 Å². The molecule has 0 radical (unpaired) electrons. The number of aryl methyl sites for hydroxylation is 1. The number of nitrogens with one attached hydrogen (secondary N) is 1. The predicted octanol–water partition coefficient (Wildman–Crippen LogP) is 3.37. The highest BCUT2D eigenvalue weighted by Gasteiger charge is 2.35. The van der Waals surface area contributed by atoms with E-state index < -0.39 is 0 Å². The van der Waals surface area contributed by atoms with Crippen LogP contribution in [0.25, 0.3) is 0 Å². The normalized spacial score (nSPS) is 16.7. The highest BCUT2D eigenvalue weighted by molar-refractivity contribution is 8.01. The van der Waals surface area contributed by atoms with Crippen molar-refractivity contribution in [2.45, 2.75) is 24.1 Å². The average Bonchev–Trinajstić information content (AvgIpc) is 3.26. The van der Waals surface area contributed by atoms with Gasteiger partial charge in [0, 0.05) is 24.4 Å². The topological polar surface area (TPSA) is 75.2 Å². The number of anilines is 2. The van der Waals surface area contributed by atoms with Crippen LogP contribution in [0.4, 0.5) is 10.8 Å². The summed E-state index contributed by atoms with van der Waals surface area (Å²) in [6.07, 6.45) is 2.90. The Hall–Kier alpha value is -2.19. The molecule has 1 fully saturated rings. The summed E-state index contributed by atoms with van der Waals surface area (Å²) >= 11 is 2.84. The summed E-state index contributed by atoms with van der Waals surface area (Å²) in [4.78, 5) is 26.6.